The molecule has 196 valence electrons. The highest BCUT2D eigenvalue weighted by Crippen LogP contribution is 2.45. The first-order valence-corrected chi connectivity index (χ1v) is 14.1. The molecule has 4 aromatic rings. The van der Waals surface area contributed by atoms with E-state index in [-0.39, 0.29) is 5.57 Å². The Labute approximate surface area is 229 Å². The van der Waals surface area contributed by atoms with Gasteiger partial charge in [-0.3, -0.25) is 14.5 Å². The Kier molecular flexibility index (Phi) is 7.07. The minimum Gasteiger partial charge on any atom is -0.503 e. The summed E-state index contributed by atoms with van der Waals surface area (Å²) in [6.45, 7) is 10.4. The van der Waals surface area contributed by atoms with E-state index in [1.54, 1.807) is 6.92 Å². The molecule has 38 heavy (non-hydrogen) atoms. The Balaban J connectivity index is 1.62. The Bertz CT molecular complexity index is 1580. The molecule has 1 aliphatic heterocycles. The van der Waals surface area contributed by atoms with Gasteiger partial charge in [-0.15, -0.1) is 11.3 Å². The van der Waals surface area contributed by atoms with Crippen molar-refractivity contribution in [3.63, 3.8) is 0 Å². The zero-order chi connectivity index (χ0) is 27.1. The van der Waals surface area contributed by atoms with E-state index in [4.69, 9.17) is 9.72 Å². The standard InChI is InChI=1S/C29H29N3O4S2/c1-15(2)11-12-36-20-8-6-7-19(14-20)24-23(25(33)27-17(4)30-18(5)37-27)26(34)28(35)32(24)29-31-21-10-9-16(3)13-22(21)38-29/h6-10,13-15,24,34H,11-12H2,1-5H3. The molecule has 1 aliphatic rings. The second-order valence-electron chi connectivity index (χ2n) is 9.89. The molecule has 7 nitrogen and oxygen atoms in total. The number of Topliss-reactive ketones (excluding diaryl/α,β-unsaturated/α-hetero) is 1. The Morgan fingerprint density at radius 2 is 1.89 bits per heavy atom. The average molecular weight is 548 g/mol. The smallest absolute Gasteiger partial charge is 0.296 e. The van der Waals surface area contributed by atoms with Crippen molar-refractivity contribution < 1.29 is 19.4 Å². The number of thiazole rings is 2. The minimum absolute atomic E-state index is 0.0246. The molecule has 3 heterocycles. The molecule has 9 heteroatoms. The maximum atomic E-state index is 13.9. The van der Waals surface area contributed by atoms with Crippen LogP contribution in [-0.4, -0.2) is 33.4 Å². The molecule has 1 amide bonds. The van der Waals surface area contributed by atoms with Crippen LogP contribution in [-0.2, 0) is 4.79 Å². The van der Waals surface area contributed by atoms with Crippen molar-refractivity contribution >= 4 is 49.7 Å². The lowest BCUT2D eigenvalue weighted by Crippen LogP contribution is -2.31. The number of nitrogens with zero attached hydrogens (tertiary/aromatic N) is 3. The summed E-state index contributed by atoms with van der Waals surface area (Å²) < 4.78 is 6.91. The number of aliphatic hydroxyl groups is 1. The quantitative estimate of drug-likeness (QED) is 0.242. The van der Waals surface area contributed by atoms with E-state index in [2.05, 4.69) is 18.8 Å². The molecular formula is C29H29N3O4S2. The predicted octanol–water partition coefficient (Wildman–Crippen LogP) is 6.89. The van der Waals surface area contributed by atoms with Crippen molar-refractivity contribution in [1.82, 2.24) is 9.97 Å². The first-order valence-electron chi connectivity index (χ1n) is 12.5. The number of anilines is 1. The number of aromatic nitrogens is 2. The molecule has 1 unspecified atom stereocenters. The van der Waals surface area contributed by atoms with Gasteiger partial charge >= 0.3 is 0 Å². The molecule has 2 aromatic heterocycles. The van der Waals surface area contributed by atoms with E-state index in [9.17, 15) is 14.7 Å². The van der Waals surface area contributed by atoms with E-state index in [1.807, 2.05) is 56.3 Å². The highest BCUT2D eigenvalue weighted by molar-refractivity contribution is 7.22. The fraction of sp³-hybridized carbons (Fsp3) is 0.310. The second-order valence-corrected chi connectivity index (χ2v) is 12.1. The number of amides is 1. The zero-order valence-electron chi connectivity index (χ0n) is 21.9. The minimum atomic E-state index is -0.868. The van der Waals surface area contributed by atoms with Gasteiger partial charge < -0.3 is 9.84 Å². The van der Waals surface area contributed by atoms with Gasteiger partial charge in [-0.1, -0.05) is 43.4 Å². The highest BCUT2D eigenvalue weighted by atomic mass is 32.1. The van der Waals surface area contributed by atoms with Crippen LogP contribution in [0.3, 0.4) is 0 Å². The summed E-state index contributed by atoms with van der Waals surface area (Å²) in [6.07, 6.45) is 0.901. The van der Waals surface area contributed by atoms with Crippen LogP contribution >= 0.6 is 22.7 Å². The van der Waals surface area contributed by atoms with Gasteiger partial charge in [0.2, 0.25) is 5.78 Å². The summed E-state index contributed by atoms with van der Waals surface area (Å²) in [5.41, 5.74) is 3.08. The van der Waals surface area contributed by atoms with Gasteiger partial charge in [0.05, 0.1) is 44.0 Å². The van der Waals surface area contributed by atoms with E-state index >= 15 is 0 Å². The second kappa shape index (κ2) is 10.3. The summed E-state index contributed by atoms with van der Waals surface area (Å²) in [7, 11) is 0. The van der Waals surface area contributed by atoms with E-state index in [0.29, 0.717) is 39.5 Å². The molecule has 2 aromatic carbocycles. The molecule has 1 atom stereocenters. The van der Waals surface area contributed by atoms with Crippen LogP contribution < -0.4 is 9.64 Å². The lowest BCUT2D eigenvalue weighted by molar-refractivity contribution is -0.117. The molecule has 0 saturated carbocycles. The Hall–Kier alpha value is -3.56. The van der Waals surface area contributed by atoms with Crippen molar-refractivity contribution in [2.45, 2.75) is 47.1 Å². The number of fused-ring (bicyclic) bond motifs is 1. The maximum Gasteiger partial charge on any atom is 0.296 e. The van der Waals surface area contributed by atoms with Crippen molar-refractivity contribution in [3.8, 4) is 5.75 Å². The van der Waals surface area contributed by atoms with Crippen LogP contribution in [0.4, 0.5) is 5.13 Å². The number of carbonyl (C=O) groups is 2. The van der Waals surface area contributed by atoms with Crippen LogP contribution in [0.5, 0.6) is 5.75 Å². The Morgan fingerprint density at radius 3 is 2.61 bits per heavy atom. The normalized spacial score (nSPS) is 15.8. The van der Waals surface area contributed by atoms with Crippen LogP contribution in [0, 0.1) is 26.7 Å². The number of hydrogen-bond donors (Lipinski definition) is 1. The SMILES string of the molecule is Cc1ccc2nc(N3C(=O)C(O)=C(C(=O)c4sc(C)nc4C)C3c3cccc(OCCC(C)C)c3)sc2c1. The van der Waals surface area contributed by atoms with Gasteiger partial charge in [0.15, 0.2) is 10.9 Å². The van der Waals surface area contributed by atoms with Gasteiger partial charge in [0.1, 0.15) is 5.75 Å². The number of ketones is 1. The first kappa shape index (κ1) is 26.1. The van der Waals surface area contributed by atoms with Crippen LogP contribution in [0.25, 0.3) is 10.2 Å². The van der Waals surface area contributed by atoms with Crippen molar-refractivity contribution in [2.24, 2.45) is 5.92 Å². The molecule has 0 aliphatic carbocycles. The molecule has 0 spiro atoms. The van der Waals surface area contributed by atoms with Gasteiger partial charge in [0.25, 0.3) is 5.91 Å². The summed E-state index contributed by atoms with van der Waals surface area (Å²) in [5.74, 6) is -0.488. The lowest BCUT2D eigenvalue weighted by Gasteiger charge is -2.25. The van der Waals surface area contributed by atoms with Crippen LogP contribution in [0.1, 0.15) is 57.8 Å². The number of ether oxygens (including phenoxy) is 1. The fourth-order valence-corrected chi connectivity index (χ4v) is 6.49. The molecule has 1 N–H and O–H groups in total. The molecular weight excluding hydrogens is 518 g/mol. The lowest BCUT2D eigenvalue weighted by atomic mass is 9.95. The number of aliphatic hydroxyl groups excluding tert-OH is 1. The Morgan fingerprint density at radius 1 is 1.11 bits per heavy atom. The predicted molar refractivity (Wildman–Crippen MR) is 152 cm³/mol. The van der Waals surface area contributed by atoms with Gasteiger partial charge in [0, 0.05) is 0 Å². The largest absolute Gasteiger partial charge is 0.503 e. The monoisotopic (exact) mass is 547 g/mol. The van der Waals surface area contributed by atoms with E-state index < -0.39 is 23.5 Å². The summed E-state index contributed by atoms with van der Waals surface area (Å²) in [6, 6.07) is 12.4. The number of benzene rings is 2. The van der Waals surface area contributed by atoms with Gasteiger partial charge in [-0.2, -0.15) is 0 Å². The third-order valence-electron chi connectivity index (χ3n) is 6.44. The van der Waals surface area contributed by atoms with E-state index in [1.165, 1.54) is 27.6 Å². The topological polar surface area (TPSA) is 92.6 Å². The van der Waals surface area contributed by atoms with E-state index in [0.717, 1.165) is 27.2 Å². The molecule has 0 radical (unpaired) electrons. The average Bonchev–Trinajstić information content (AvgIpc) is 3.51. The van der Waals surface area contributed by atoms with Crippen LogP contribution in [0.15, 0.2) is 53.8 Å². The molecule has 0 bridgehead atoms. The number of carbonyl (C=O) groups excluding carboxylic acids is 2. The first-order chi connectivity index (χ1) is 18.1. The summed E-state index contributed by atoms with van der Waals surface area (Å²) in [4.78, 5) is 38.4. The molecule has 0 saturated heterocycles. The third kappa shape index (κ3) is 4.83. The maximum absolute atomic E-state index is 13.9. The molecule has 0 fully saturated rings. The number of aryl methyl sites for hydroxylation is 3. The van der Waals surface area contributed by atoms with Crippen LogP contribution in [0.2, 0.25) is 0 Å². The number of rotatable bonds is 8. The third-order valence-corrected chi connectivity index (χ3v) is 8.53. The van der Waals surface area contributed by atoms with Gasteiger partial charge in [-0.25, -0.2) is 9.97 Å². The van der Waals surface area contributed by atoms with Gasteiger partial charge in [-0.05, 0) is 68.5 Å². The van der Waals surface area contributed by atoms with Crippen molar-refractivity contribution in [3.05, 3.63) is 80.5 Å². The molecule has 5 rings (SSSR count). The summed E-state index contributed by atoms with van der Waals surface area (Å²) in [5, 5.41) is 12.3. The fourth-order valence-electron chi connectivity index (χ4n) is 4.52. The zero-order valence-corrected chi connectivity index (χ0v) is 23.6. The van der Waals surface area contributed by atoms with Crippen molar-refractivity contribution in [1.29, 1.82) is 0 Å². The van der Waals surface area contributed by atoms with Crippen molar-refractivity contribution in [2.75, 3.05) is 11.5 Å². The highest BCUT2D eigenvalue weighted by Gasteiger charge is 2.46. The summed E-state index contributed by atoms with van der Waals surface area (Å²) >= 11 is 2.61. The number of hydrogen-bond acceptors (Lipinski definition) is 8.